The van der Waals surface area contributed by atoms with Gasteiger partial charge in [-0.25, -0.2) is 0 Å². The summed E-state index contributed by atoms with van der Waals surface area (Å²) >= 11 is 0. The summed E-state index contributed by atoms with van der Waals surface area (Å²) in [6, 6.07) is 5.03. The van der Waals surface area contributed by atoms with Crippen LogP contribution in [0.1, 0.15) is 61.8 Å². The molecule has 0 aromatic heterocycles. The average molecular weight is 216 g/mol. The van der Waals surface area contributed by atoms with Gasteiger partial charge in [0.15, 0.2) is 0 Å². The number of hydrogen-bond donors (Lipinski definition) is 0. The average Bonchev–Trinajstić information content (AvgIpc) is 2.30. The number of aryl methyl sites for hydroxylation is 4. The molecule has 16 heavy (non-hydrogen) atoms. The van der Waals surface area contributed by atoms with Crippen molar-refractivity contribution in [3.05, 3.63) is 34.4 Å². The summed E-state index contributed by atoms with van der Waals surface area (Å²) in [7, 11) is 0. The lowest BCUT2D eigenvalue weighted by molar-refractivity contribution is 0.681. The van der Waals surface area contributed by atoms with Crippen LogP contribution in [0.5, 0.6) is 0 Å². The largest absolute Gasteiger partial charge is 0.0651 e. The van der Waals surface area contributed by atoms with E-state index in [1.165, 1.54) is 51.4 Å². The van der Waals surface area contributed by atoms with Crippen LogP contribution in [0.2, 0.25) is 0 Å². The molecule has 1 aliphatic carbocycles. The summed E-state index contributed by atoms with van der Waals surface area (Å²) in [6.07, 6.45) is 10.5. The quantitative estimate of drug-likeness (QED) is 0.696. The van der Waals surface area contributed by atoms with Gasteiger partial charge >= 0.3 is 0 Å². The normalized spacial score (nSPS) is 14.9. The summed E-state index contributed by atoms with van der Waals surface area (Å²) in [4.78, 5) is 0. The Morgan fingerprint density at radius 1 is 0.812 bits per heavy atom. The third kappa shape index (κ3) is 2.48. The SMILES string of the molecule is CCCc1cc2c(cc1CCC)CCCC2. The third-order valence-corrected chi connectivity index (χ3v) is 3.70. The minimum Gasteiger partial charge on any atom is -0.0651 e. The molecule has 0 fully saturated rings. The Morgan fingerprint density at radius 3 is 1.62 bits per heavy atom. The van der Waals surface area contributed by atoms with Crippen molar-refractivity contribution in [1.82, 2.24) is 0 Å². The van der Waals surface area contributed by atoms with Crippen LogP contribution in [0.3, 0.4) is 0 Å². The van der Waals surface area contributed by atoms with Gasteiger partial charge in [0.1, 0.15) is 0 Å². The number of fused-ring (bicyclic) bond motifs is 1. The van der Waals surface area contributed by atoms with E-state index >= 15 is 0 Å². The van der Waals surface area contributed by atoms with E-state index in [1.807, 2.05) is 0 Å². The molecule has 0 amide bonds. The van der Waals surface area contributed by atoms with Gasteiger partial charge < -0.3 is 0 Å². The first kappa shape index (κ1) is 11.7. The zero-order chi connectivity index (χ0) is 11.4. The van der Waals surface area contributed by atoms with Gasteiger partial charge in [-0.3, -0.25) is 0 Å². The van der Waals surface area contributed by atoms with E-state index in [9.17, 15) is 0 Å². The second-order valence-corrected chi connectivity index (χ2v) is 5.10. The molecule has 88 valence electrons. The molecule has 0 radical (unpaired) electrons. The maximum Gasteiger partial charge on any atom is -0.0276 e. The molecule has 0 heterocycles. The highest BCUT2D eigenvalue weighted by Gasteiger charge is 2.12. The molecule has 2 rings (SSSR count). The summed E-state index contributed by atoms with van der Waals surface area (Å²) in [5.74, 6) is 0. The maximum atomic E-state index is 2.52. The van der Waals surface area contributed by atoms with Crippen molar-refractivity contribution in [2.24, 2.45) is 0 Å². The molecule has 0 spiro atoms. The van der Waals surface area contributed by atoms with Gasteiger partial charge in [0.25, 0.3) is 0 Å². The highest BCUT2D eigenvalue weighted by Crippen LogP contribution is 2.26. The van der Waals surface area contributed by atoms with Crippen molar-refractivity contribution in [2.75, 3.05) is 0 Å². The highest BCUT2D eigenvalue weighted by atomic mass is 14.2. The van der Waals surface area contributed by atoms with Crippen molar-refractivity contribution in [3.8, 4) is 0 Å². The van der Waals surface area contributed by atoms with E-state index in [2.05, 4.69) is 26.0 Å². The highest BCUT2D eigenvalue weighted by molar-refractivity contribution is 5.40. The van der Waals surface area contributed by atoms with Gasteiger partial charge in [0.2, 0.25) is 0 Å². The smallest absolute Gasteiger partial charge is 0.0276 e. The monoisotopic (exact) mass is 216 g/mol. The Labute approximate surface area is 100 Å². The second-order valence-electron chi connectivity index (χ2n) is 5.10. The molecular weight excluding hydrogens is 192 g/mol. The van der Waals surface area contributed by atoms with E-state index in [0.29, 0.717) is 0 Å². The van der Waals surface area contributed by atoms with Crippen LogP contribution < -0.4 is 0 Å². The first-order chi connectivity index (χ1) is 7.85. The van der Waals surface area contributed by atoms with Gasteiger partial charge in [-0.05, 0) is 60.8 Å². The molecule has 0 saturated heterocycles. The van der Waals surface area contributed by atoms with Crippen molar-refractivity contribution in [3.63, 3.8) is 0 Å². The Kier molecular flexibility index (Phi) is 4.04. The summed E-state index contributed by atoms with van der Waals surface area (Å²) in [5, 5.41) is 0. The molecule has 0 bridgehead atoms. The van der Waals surface area contributed by atoms with Gasteiger partial charge in [-0.15, -0.1) is 0 Å². The van der Waals surface area contributed by atoms with Gasteiger partial charge in [0.05, 0.1) is 0 Å². The molecule has 1 aromatic carbocycles. The van der Waals surface area contributed by atoms with E-state index in [0.717, 1.165) is 0 Å². The fourth-order valence-corrected chi connectivity index (χ4v) is 2.89. The van der Waals surface area contributed by atoms with Gasteiger partial charge in [-0.2, -0.15) is 0 Å². The fraction of sp³-hybridized carbons (Fsp3) is 0.625. The zero-order valence-electron chi connectivity index (χ0n) is 10.8. The van der Waals surface area contributed by atoms with E-state index in [1.54, 1.807) is 22.3 Å². The zero-order valence-corrected chi connectivity index (χ0v) is 10.8. The molecule has 0 N–H and O–H groups in total. The topological polar surface area (TPSA) is 0 Å². The van der Waals surface area contributed by atoms with E-state index in [4.69, 9.17) is 0 Å². The van der Waals surface area contributed by atoms with Crippen molar-refractivity contribution < 1.29 is 0 Å². The Balaban J connectivity index is 2.33. The molecule has 1 aromatic rings. The van der Waals surface area contributed by atoms with E-state index in [-0.39, 0.29) is 0 Å². The second kappa shape index (κ2) is 5.52. The Hall–Kier alpha value is -0.780. The third-order valence-electron chi connectivity index (χ3n) is 3.70. The fourth-order valence-electron chi connectivity index (χ4n) is 2.89. The van der Waals surface area contributed by atoms with Crippen LogP contribution in [0, 0.1) is 0 Å². The lowest BCUT2D eigenvalue weighted by atomic mass is 9.86. The number of rotatable bonds is 4. The van der Waals surface area contributed by atoms with Gasteiger partial charge in [0, 0.05) is 0 Å². The minimum atomic E-state index is 1.27. The van der Waals surface area contributed by atoms with Crippen molar-refractivity contribution >= 4 is 0 Å². The minimum absolute atomic E-state index is 1.27. The van der Waals surface area contributed by atoms with Crippen LogP contribution in [0.4, 0.5) is 0 Å². The Bertz CT molecular complexity index is 314. The molecular formula is C16H24. The molecule has 0 heteroatoms. The standard InChI is InChI=1S/C16H24/c1-3-7-13-11-15-9-5-6-10-16(15)12-14(13)8-4-2/h11-12H,3-10H2,1-2H3. The van der Waals surface area contributed by atoms with Gasteiger partial charge in [-0.1, -0.05) is 38.8 Å². The van der Waals surface area contributed by atoms with Crippen LogP contribution in [0.25, 0.3) is 0 Å². The first-order valence-corrected chi connectivity index (χ1v) is 6.98. The van der Waals surface area contributed by atoms with Crippen molar-refractivity contribution in [2.45, 2.75) is 65.2 Å². The Morgan fingerprint density at radius 2 is 1.25 bits per heavy atom. The van der Waals surface area contributed by atoms with E-state index < -0.39 is 0 Å². The molecule has 0 aliphatic heterocycles. The maximum absolute atomic E-state index is 2.52. The lowest BCUT2D eigenvalue weighted by Gasteiger charge is -2.19. The molecule has 0 nitrogen and oxygen atoms in total. The van der Waals surface area contributed by atoms with Crippen LogP contribution in [-0.2, 0) is 25.7 Å². The summed E-state index contributed by atoms with van der Waals surface area (Å²) in [5.41, 5.74) is 6.55. The van der Waals surface area contributed by atoms with Crippen LogP contribution in [-0.4, -0.2) is 0 Å². The molecule has 0 unspecified atom stereocenters. The summed E-state index contributed by atoms with van der Waals surface area (Å²) in [6.45, 7) is 4.57. The first-order valence-electron chi connectivity index (χ1n) is 6.98. The van der Waals surface area contributed by atoms with Crippen LogP contribution in [0.15, 0.2) is 12.1 Å². The molecule has 1 aliphatic rings. The number of hydrogen-bond acceptors (Lipinski definition) is 0. The van der Waals surface area contributed by atoms with Crippen molar-refractivity contribution in [1.29, 1.82) is 0 Å². The predicted octanol–water partition coefficient (Wildman–Crippen LogP) is 4.47. The number of benzene rings is 1. The molecule has 0 saturated carbocycles. The predicted molar refractivity (Wildman–Crippen MR) is 71.1 cm³/mol. The lowest BCUT2D eigenvalue weighted by Crippen LogP contribution is -2.06. The molecule has 0 atom stereocenters. The van der Waals surface area contributed by atoms with Crippen LogP contribution >= 0.6 is 0 Å². The summed E-state index contributed by atoms with van der Waals surface area (Å²) < 4.78 is 0.